The SMILES string of the molecule is CCC1CCCCC1(N)Cc1cc(F)ccc1Cl. The van der Waals surface area contributed by atoms with Gasteiger partial charge in [-0.25, -0.2) is 4.39 Å². The second-order valence-electron chi connectivity index (χ2n) is 5.50. The molecule has 0 amide bonds. The van der Waals surface area contributed by atoms with Gasteiger partial charge in [0.15, 0.2) is 0 Å². The number of halogens is 2. The van der Waals surface area contributed by atoms with Crippen LogP contribution in [0.3, 0.4) is 0 Å². The summed E-state index contributed by atoms with van der Waals surface area (Å²) < 4.78 is 13.3. The predicted molar refractivity (Wildman–Crippen MR) is 74.3 cm³/mol. The van der Waals surface area contributed by atoms with Gasteiger partial charge in [0.2, 0.25) is 0 Å². The van der Waals surface area contributed by atoms with Crippen molar-refractivity contribution in [3.05, 3.63) is 34.6 Å². The van der Waals surface area contributed by atoms with E-state index in [1.165, 1.54) is 31.4 Å². The highest BCUT2D eigenvalue weighted by Gasteiger charge is 2.36. The van der Waals surface area contributed by atoms with E-state index in [-0.39, 0.29) is 11.4 Å². The zero-order valence-corrected chi connectivity index (χ0v) is 11.6. The summed E-state index contributed by atoms with van der Waals surface area (Å²) in [6.07, 6.45) is 6.39. The van der Waals surface area contributed by atoms with Gasteiger partial charge in [-0.05, 0) is 48.9 Å². The van der Waals surface area contributed by atoms with Gasteiger partial charge in [-0.1, -0.05) is 37.8 Å². The predicted octanol–water partition coefficient (Wildman–Crippen LogP) is 4.32. The van der Waals surface area contributed by atoms with Crippen LogP contribution < -0.4 is 5.73 Å². The molecule has 0 bridgehead atoms. The molecule has 100 valence electrons. The van der Waals surface area contributed by atoms with E-state index in [1.54, 1.807) is 6.07 Å². The Bertz CT molecular complexity index is 421. The van der Waals surface area contributed by atoms with E-state index < -0.39 is 0 Å². The first-order chi connectivity index (χ1) is 8.55. The molecule has 1 saturated carbocycles. The van der Waals surface area contributed by atoms with Gasteiger partial charge in [0.25, 0.3) is 0 Å². The summed E-state index contributed by atoms with van der Waals surface area (Å²) in [5.74, 6) is 0.285. The van der Waals surface area contributed by atoms with Crippen LogP contribution in [0.25, 0.3) is 0 Å². The zero-order valence-electron chi connectivity index (χ0n) is 10.9. The quantitative estimate of drug-likeness (QED) is 0.869. The monoisotopic (exact) mass is 269 g/mol. The molecule has 0 heterocycles. The summed E-state index contributed by atoms with van der Waals surface area (Å²) in [7, 11) is 0. The highest BCUT2D eigenvalue weighted by Crippen LogP contribution is 2.37. The molecule has 2 rings (SSSR count). The van der Waals surface area contributed by atoms with Gasteiger partial charge < -0.3 is 5.73 Å². The molecule has 1 aromatic rings. The van der Waals surface area contributed by atoms with Gasteiger partial charge in [0.05, 0.1) is 0 Å². The van der Waals surface area contributed by atoms with E-state index in [1.807, 2.05) is 0 Å². The molecule has 0 aromatic heterocycles. The first-order valence-corrected chi connectivity index (χ1v) is 7.16. The van der Waals surface area contributed by atoms with Crippen molar-refractivity contribution in [2.24, 2.45) is 11.7 Å². The highest BCUT2D eigenvalue weighted by molar-refractivity contribution is 6.31. The molecule has 3 heteroatoms. The lowest BCUT2D eigenvalue weighted by atomic mass is 9.69. The maximum absolute atomic E-state index is 13.3. The van der Waals surface area contributed by atoms with Crippen molar-refractivity contribution in [3.63, 3.8) is 0 Å². The average Bonchev–Trinajstić information content (AvgIpc) is 2.34. The van der Waals surface area contributed by atoms with E-state index in [0.717, 1.165) is 18.4 Å². The second-order valence-corrected chi connectivity index (χ2v) is 5.90. The van der Waals surface area contributed by atoms with Crippen LogP contribution in [0.4, 0.5) is 4.39 Å². The molecular weight excluding hydrogens is 249 g/mol. The first kappa shape index (κ1) is 13.8. The van der Waals surface area contributed by atoms with E-state index in [2.05, 4.69) is 6.92 Å². The van der Waals surface area contributed by atoms with Crippen molar-refractivity contribution in [1.82, 2.24) is 0 Å². The fourth-order valence-corrected chi connectivity index (χ4v) is 3.40. The Morgan fingerprint density at radius 3 is 2.94 bits per heavy atom. The van der Waals surface area contributed by atoms with E-state index in [0.29, 0.717) is 17.4 Å². The van der Waals surface area contributed by atoms with Crippen LogP contribution in [0.2, 0.25) is 5.02 Å². The maximum atomic E-state index is 13.3. The fourth-order valence-electron chi connectivity index (χ4n) is 3.21. The Kier molecular flexibility index (Phi) is 4.29. The summed E-state index contributed by atoms with van der Waals surface area (Å²) >= 11 is 6.15. The topological polar surface area (TPSA) is 26.0 Å². The molecule has 2 atom stereocenters. The molecule has 0 radical (unpaired) electrons. The van der Waals surface area contributed by atoms with Crippen molar-refractivity contribution in [2.45, 2.75) is 51.0 Å². The minimum absolute atomic E-state index is 0.218. The Hall–Kier alpha value is -0.600. The van der Waals surface area contributed by atoms with E-state index >= 15 is 0 Å². The van der Waals surface area contributed by atoms with Gasteiger partial charge in [-0.15, -0.1) is 0 Å². The van der Waals surface area contributed by atoms with Crippen molar-refractivity contribution in [3.8, 4) is 0 Å². The van der Waals surface area contributed by atoms with Crippen LogP contribution in [-0.2, 0) is 6.42 Å². The minimum Gasteiger partial charge on any atom is -0.325 e. The molecule has 1 aromatic carbocycles. The normalized spacial score (nSPS) is 28.3. The lowest BCUT2D eigenvalue weighted by Crippen LogP contribution is -2.50. The standard InChI is InChI=1S/C15H21ClFN/c1-2-12-5-3-4-8-15(12,18)10-11-9-13(17)6-7-14(11)16/h6-7,9,12H,2-5,8,10,18H2,1H3. The van der Waals surface area contributed by atoms with Crippen molar-refractivity contribution in [1.29, 1.82) is 0 Å². The first-order valence-electron chi connectivity index (χ1n) is 6.78. The number of nitrogens with two attached hydrogens (primary N) is 1. The second kappa shape index (κ2) is 5.58. The summed E-state index contributed by atoms with van der Waals surface area (Å²) in [4.78, 5) is 0. The highest BCUT2D eigenvalue weighted by atomic mass is 35.5. The average molecular weight is 270 g/mol. The van der Waals surface area contributed by atoms with Crippen LogP contribution >= 0.6 is 11.6 Å². The minimum atomic E-state index is -0.234. The molecule has 2 unspecified atom stereocenters. The van der Waals surface area contributed by atoms with Gasteiger partial charge in [-0.3, -0.25) is 0 Å². The third-order valence-corrected chi connectivity index (χ3v) is 4.65. The lowest BCUT2D eigenvalue weighted by Gasteiger charge is -2.41. The number of hydrogen-bond acceptors (Lipinski definition) is 1. The number of rotatable bonds is 3. The van der Waals surface area contributed by atoms with Gasteiger partial charge >= 0.3 is 0 Å². The Morgan fingerprint density at radius 1 is 1.44 bits per heavy atom. The summed E-state index contributed by atoms with van der Waals surface area (Å²) in [6.45, 7) is 2.19. The van der Waals surface area contributed by atoms with Crippen LogP contribution in [-0.4, -0.2) is 5.54 Å². The van der Waals surface area contributed by atoms with Crippen LogP contribution in [0.5, 0.6) is 0 Å². The third-order valence-electron chi connectivity index (χ3n) is 4.28. The smallest absolute Gasteiger partial charge is 0.123 e. The maximum Gasteiger partial charge on any atom is 0.123 e. The van der Waals surface area contributed by atoms with Crippen LogP contribution in [0, 0.1) is 11.7 Å². The molecule has 0 saturated heterocycles. The molecule has 1 nitrogen and oxygen atoms in total. The molecule has 0 aliphatic heterocycles. The van der Waals surface area contributed by atoms with E-state index in [4.69, 9.17) is 17.3 Å². The van der Waals surface area contributed by atoms with Gasteiger partial charge in [0, 0.05) is 10.6 Å². The molecular formula is C15H21ClFN. The Labute approximate surface area is 114 Å². The van der Waals surface area contributed by atoms with Crippen LogP contribution in [0.1, 0.15) is 44.6 Å². The zero-order chi connectivity index (χ0) is 13.2. The Balaban J connectivity index is 2.22. The third kappa shape index (κ3) is 2.86. The molecule has 0 spiro atoms. The molecule has 1 aliphatic rings. The number of benzene rings is 1. The van der Waals surface area contributed by atoms with Gasteiger partial charge in [-0.2, -0.15) is 0 Å². The largest absolute Gasteiger partial charge is 0.325 e. The number of hydrogen-bond donors (Lipinski definition) is 1. The molecule has 18 heavy (non-hydrogen) atoms. The summed E-state index contributed by atoms with van der Waals surface area (Å²) in [5, 5.41) is 0.627. The molecule has 1 fully saturated rings. The summed E-state index contributed by atoms with van der Waals surface area (Å²) in [5.41, 5.74) is 7.21. The van der Waals surface area contributed by atoms with Crippen molar-refractivity contribution in [2.75, 3.05) is 0 Å². The lowest BCUT2D eigenvalue weighted by molar-refractivity contribution is 0.182. The van der Waals surface area contributed by atoms with Crippen molar-refractivity contribution < 1.29 is 4.39 Å². The molecule has 2 N–H and O–H groups in total. The Morgan fingerprint density at radius 2 is 2.22 bits per heavy atom. The van der Waals surface area contributed by atoms with E-state index in [9.17, 15) is 4.39 Å². The van der Waals surface area contributed by atoms with Gasteiger partial charge in [0.1, 0.15) is 5.82 Å². The van der Waals surface area contributed by atoms with Crippen molar-refractivity contribution >= 4 is 11.6 Å². The summed E-state index contributed by atoms with van der Waals surface area (Å²) in [6, 6.07) is 4.55. The van der Waals surface area contributed by atoms with Crippen LogP contribution in [0.15, 0.2) is 18.2 Å². The molecule has 1 aliphatic carbocycles. The fraction of sp³-hybridized carbons (Fsp3) is 0.600.